The van der Waals surface area contributed by atoms with Crippen LogP contribution in [0.4, 0.5) is 0 Å². The first-order chi connectivity index (χ1) is 12.8. The maximum atomic E-state index is 12.9. The van der Waals surface area contributed by atoms with E-state index in [1.54, 1.807) is 0 Å². The van der Waals surface area contributed by atoms with Crippen LogP contribution in [-0.2, 0) is 4.79 Å². The molecule has 0 bridgehead atoms. The molecule has 2 aromatic rings. The minimum Gasteiger partial charge on any atom is -0.487 e. The van der Waals surface area contributed by atoms with Crippen molar-refractivity contribution in [1.82, 2.24) is 5.32 Å². The van der Waals surface area contributed by atoms with E-state index in [9.17, 15) is 4.79 Å². The molecular formula is C23H29NO3. The first-order valence-corrected chi connectivity index (χ1v) is 9.60. The maximum absolute atomic E-state index is 12.9. The monoisotopic (exact) mass is 367 g/mol. The first-order valence-electron chi connectivity index (χ1n) is 9.60. The molecule has 2 aromatic carbocycles. The van der Waals surface area contributed by atoms with Crippen molar-refractivity contribution < 1.29 is 14.3 Å². The van der Waals surface area contributed by atoms with E-state index >= 15 is 0 Å². The van der Waals surface area contributed by atoms with E-state index < -0.39 is 6.10 Å². The number of aryl methyl sites for hydroxylation is 2. The summed E-state index contributed by atoms with van der Waals surface area (Å²) in [6.07, 6.45) is 0.801. The summed E-state index contributed by atoms with van der Waals surface area (Å²) in [5, 5.41) is 3.19. The Morgan fingerprint density at radius 2 is 1.85 bits per heavy atom. The predicted molar refractivity (Wildman–Crippen MR) is 107 cm³/mol. The largest absolute Gasteiger partial charge is 0.487 e. The smallest absolute Gasteiger partial charge is 0.261 e. The molecule has 3 rings (SSSR count). The topological polar surface area (TPSA) is 47.6 Å². The van der Waals surface area contributed by atoms with Crippen molar-refractivity contribution in [1.29, 1.82) is 0 Å². The van der Waals surface area contributed by atoms with Gasteiger partial charge < -0.3 is 14.8 Å². The van der Waals surface area contributed by atoms with Crippen LogP contribution in [0.5, 0.6) is 11.5 Å². The number of amides is 1. The normalized spacial score (nSPS) is 18.8. The summed E-state index contributed by atoms with van der Waals surface area (Å²) < 4.78 is 12.1. The Bertz CT molecular complexity index is 811. The molecule has 4 nitrogen and oxygen atoms in total. The van der Waals surface area contributed by atoms with Crippen LogP contribution in [0.2, 0.25) is 0 Å². The van der Waals surface area contributed by atoms with Crippen molar-refractivity contribution in [2.75, 3.05) is 0 Å². The highest BCUT2D eigenvalue weighted by molar-refractivity contribution is 5.81. The quantitative estimate of drug-likeness (QED) is 0.819. The van der Waals surface area contributed by atoms with Crippen LogP contribution in [-0.4, -0.2) is 17.6 Å². The van der Waals surface area contributed by atoms with Gasteiger partial charge in [0.2, 0.25) is 0 Å². The fourth-order valence-corrected chi connectivity index (χ4v) is 3.46. The van der Waals surface area contributed by atoms with Gasteiger partial charge in [-0.2, -0.15) is 0 Å². The van der Waals surface area contributed by atoms with Gasteiger partial charge in [-0.05, 0) is 57.9 Å². The number of rotatable bonds is 5. The van der Waals surface area contributed by atoms with Crippen LogP contribution >= 0.6 is 0 Å². The molecule has 1 amide bonds. The van der Waals surface area contributed by atoms with E-state index in [0.717, 1.165) is 28.9 Å². The lowest BCUT2D eigenvalue weighted by molar-refractivity contribution is -0.129. The van der Waals surface area contributed by atoms with E-state index in [-0.39, 0.29) is 17.6 Å². The van der Waals surface area contributed by atoms with E-state index in [1.807, 2.05) is 57.2 Å². The molecule has 144 valence electrons. The molecule has 0 radical (unpaired) electrons. The number of fused-ring (bicyclic) bond motifs is 1. The second-order valence-electron chi connectivity index (χ2n) is 8.00. The zero-order chi connectivity index (χ0) is 19.6. The summed E-state index contributed by atoms with van der Waals surface area (Å²) in [6, 6.07) is 13.8. The molecule has 2 atom stereocenters. The van der Waals surface area contributed by atoms with Gasteiger partial charge in [-0.1, -0.05) is 36.8 Å². The highest BCUT2D eigenvalue weighted by atomic mass is 16.5. The van der Waals surface area contributed by atoms with Crippen LogP contribution in [0.1, 0.15) is 56.3 Å². The Morgan fingerprint density at radius 1 is 1.19 bits per heavy atom. The van der Waals surface area contributed by atoms with Crippen LogP contribution in [0.3, 0.4) is 0 Å². The summed E-state index contributed by atoms with van der Waals surface area (Å²) in [5.41, 5.74) is 3.00. The third kappa shape index (κ3) is 4.62. The van der Waals surface area contributed by atoms with Gasteiger partial charge in [-0.3, -0.25) is 4.79 Å². The van der Waals surface area contributed by atoms with Gasteiger partial charge >= 0.3 is 0 Å². The van der Waals surface area contributed by atoms with E-state index in [1.165, 1.54) is 0 Å². The maximum Gasteiger partial charge on any atom is 0.261 e. The fourth-order valence-electron chi connectivity index (χ4n) is 3.46. The first kappa shape index (κ1) is 19.3. The standard InChI is InChI=1S/C23H29NO3/c1-6-20(26-17-10-7-15(2)8-11-17)22(25)24-19-14-23(4,5)27-21-13-16(3)9-12-18(19)21/h7-13,19-20H,6,14H2,1-5H3,(H,24,25)/t19-,20+/m1/s1. The molecule has 0 spiro atoms. The fraction of sp³-hybridized carbons (Fsp3) is 0.435. The van der Waals surface area contributed by atoms with Crippen LogP contribution in [0, 0.1) is 13.8 Å². The van der Waals surface area contributed by atoms with Crippen LogP contribution in [0.15, 0.2) is 42.5 Å². The third-order valence-electron chi connectivity index (χ3n) is 4.91. The van der Waals surface area contributed by atoms with Gasteiger partial charge in [0.1, 0.15) is 17.1 Å². The lowest BCUT2D eigenvalue weighted by Gasteiger charge is -2.38. The van der Waals surface area contributed by atoms with Crippen molar-refractivity contribution in [2.45, 2.75) is 65.2 Å². The summed E-state index contributed by atoms with van der Waals surface area (Å²) >= 11 is 0. The SMILES string of the molecule is CC[C@H](Oc1ccc(C)cc1)C(=O)N[C@@H]1CC(C)(C)Oc2cc(C)ccc21. The second kappa shape index (κ2) is 7.63. The van der Waals surface area contributed by atoms with Crippen molar-refractivity contribution in [3.63, 3.8) is 0 Å². The molecule has 0 unspecified atom stereocenters. The average Bonchev–Trinajstić information content (AvgIpc) is 2.59. The molecule has 0 saturated carbocycles. The summed E-state index contributed by atoms with van der Waals surface area (Å²) in [4.78, 5) is 12.9. The Kier molecular flexibility index (Phi) is 5.45. The zero-order valence-electron chi connectivity index (χ0n) is 16.8. The average molecular weight is 367 g/mol. The predicted octanol–water partition coefficient (Wildman–Crippen LogP) is 4.88. The molecule has 1 heterocycles. The molecule has 0 fully saturated rings. The van der Waals surface area contributed by atoms with Gasteiger partial charge in [-0.15, -0.1) is 0 Å². The molecule has 27 heavy (non-hydrogen) atoms. The Morgan fingerprint density at radius 3 is 2.52 bits per heavy atom. The molecule has 1 N–H and O–H groups in total. The van der Waals surface area contributed by atoms with Crippen molar-refractivity contribution in [3.05, 3.63) is 59.2 Å². The number of hydrogen-bond acceptors (Lipinski definition) is 3. The van der Waals surface area contributed by atoms with E-state index in [2.05, 4.69) is 25.2 Å². The Hall–Kier alpha value is -2.49. The molecule has 0 aliphatic carbocycles. The van der Waals surface area contributed by atoms with Crippen molar-refractivity contribution >= 4 is 5.91 Å². The number of carbonyl (C=O) groups excluding carboxylic acids is 1. The number of benzene rings is 2. The van der Waals surface area contributed by atoms with Gasteiger partial charge in [0.15, 0.2) is 6.10 Å². The van der Waals surface area contributed by atoms with Gasteiger partial charge in [0.25, 0.3) is 5.91 Å². The van der Waals surface area contributed by atoms with Crippen LogP contribution < -0.4 is 14.8 Å². The summed E-state index contributed by atoms with van der Waals surface area (Å²) in [6.45, 7) is 10.1. The lowest BCUT2D eigenvalue weighted by atomic mass is 9.89. The second-order valence-corrected chi connectivity index (χ2v) is 8.00. The third-order valence-corrected chi connectivity index (χ3v) is 4.91. The lowest BCUT2D eigenvalue weighted by Crippen LogP contribution is -2.45. The van der Waals surface area contributed by atoms with Crippen LogP contribution in [0.25, 0.3) is 0 Å². The number of hydrogen-bond donors (Lipinski definition) is 1. The van der Waals surface area contributed by atoms with Gasteiger partial charge in [0, 0.05) is 12.0 Å². The number of nitrogens with one attached hydrogen (secondary N) is 1. The summed E-state index contributed by atoms with van der Waals surface area (Å²) in [5.74, 6) is 1.47. The number of carbonyl (C=O) groups is 1. The summed E-state index contributed by atoms with van der Waals surface area (Å²) in [7, 11) is 0. The minimum atomic E-state index is -0.521. The van der Waals surface area contributed by atoms with E-state index in [0.29, 0.717) is 12.2 Å². The highest BCUT2D eigenvalue weighted by Gasteiger charge is 2.35. The Balaban J connectivity index is 1.76. The molecule has 1 aliphatic rings. The highest BCUT2D eigenvalue weighted by Crippen LogP contribution is 2.40. The minimum absolute atomic E-state index is 0.0903. The Labute approximate surface area is 161 Å². The van der Waals surface area contributed by atoms with E-state index in [4.69, 9.17) is 9.47 Å². The molecule has 1 aliphatic heterocycles. The van der Waals surface area contributed by atoms with Gasteiger partial charge in [-0.25, -0.2) is 0 Å². The molecule has 0 saturated heterocycles. The molecule has 4 heteroatoms. The van der Waals surface area contributed by atoms with Crippen molar-refractivity contribution in [2.24, 2.45) is 0 Å². The molecular weight excluding hydrogens is 338 g/mol. The molecule has 0 aromatic heterocycles. The number of ether oxygens (including phenoxy) is 2. The van der Waals surface area contributed by atoms with Crippen molar-refractivity contribution in [3.8, 4) is 11.5 Å². The van der Waals surface area contributed by atoms with Gasteiger partial charge in [0.05, 0.1) is 6.04 Å². The zero-order valence-corrected chi connectivity index (χ0v) is 16.8.